The van der Waals surface area contributed by atoms with E-state index in [-0.39, 0.29) is 0 Å². The fourth-order valence-corrected chi connectivity index (χ4v) is 0.556. The van der Waals surface area contributed by atoms with Gasteiger partial charge in [-0.2, -0.15) is 0 Å². The lowest BCUT2D eigenvalue weighted by Crippen LogP contribution is -2.05. The summed E-state index contributed by atoms with van der Waals surface area (Å²) in [5, 5.41) is 0. The fourth-order valence-electron chi connectivity index (χ4n) is 0.556. The first-order valence-corrected chi connectivity index (χ1v) is 2.55. The van der Waals surface area contributed by atoms with Gasteiger partial charge in [0.2, 0.25) is 5.43 Å². The molecule has 0 atom stereocenters. The Morgan fingerprint density at radius 1 is 1.67 bits per heavy atom. The van der Waals surface area contributed by atoms with Gasteiger partial charge in [0.1, 0.15) is 0 Å². The molecule has 0 fully saturated rings. The smallest absolute Gasteiger partial charge is 0.217 e. The van der Waals surface area contributed by atoms with Crippen molar-refractivity contribution < 1.29 is 4.39 Å². The van der Waals surface area contributed by atoms with E-state index >= 15 is 0 Å². The molecule has 1 heterocycles. The molecule has 0 aliphatic carbocycles. The number of hydrogen-bond donors (Lipinski definition) is 1. The van der Waals surface area contributed by atoms with Crippen LogP contribution in [0.3, 0.4) is 0 Å². The average molecular weight is 127 g/mol. The van der Waals surface area contributed by atoms with E-state index in [1.54, 1.807) is 6.92 Å². The molecule has 0 aromatic carbocycles. The number of hydrogen-bond acceptors (Lipinski definition) is 1. The van der Waals surface area contributed by atoms with Gasteiger partial charge in [-0.1, -0.05) is 0 Å². The molecule has 0 spiro atoms. The van der Waals surface area contributed by atoms with Crippen molar-refractivity contribution in [1.82, 2.24) is 4.98 Å². The van der Waals surface area contributed by atoms with Crippen LogP contribution in [0.4, 0.5) is 4.39 Å². The van der Waals surface area contributed by atoms with Crippen molar-refractivity contribution in [3.8, 4) is 0 Å². The minimum Gasteiger partial charge on any atom is -0.362 e. The maximum atomic E-state index is 12.2. The maximum Gasteiger partial charge on any atom is 0.217 e. The Morgan fingerprint density at radius 3 is 2.78 bits per heavy atom. The molecule has 3 heteroatoms. The molecule has 1 rings (SSSR count). The van der Waals surface area contributed by atoms with Crippen molar-refractivity contribution in [3.63, 3.8) is 0 Å². The normalized spacial score (nSPS) is 9.56. The van der Waals surface area contributed by atoms with Gasteiger partial charge >= 0.3 is 0 Å². The third kappa shape index (κ3) is 1.16. The summed E-state index contributed by atoms with van der Waals surface area (Å²) in [7, 11) is 0. The highest BCUT2D eigenvalue weighted by Gasteiger charge is 1.93. The molecule has 0 radical (unpaired) electrons. The topological polar surface area (TPSA) is 32.9 Å². The van der Waals surface area contributed by atoms with Crippen LogP contribution < -0.4 is 5.43 Å². The molecule has 1 aromatic rings. The minimum atomic E-state index is -0.736. The number of pyridine rings is 1. The molecular formula is C6H6FNO. The van der Waals surface area contributed by atoms with Crippen LogP contribution in [0.1, 0.15) is 5.69 Å². The molecule has 0 unspecified atom stereocenters. The predicted molar refractivity (Wildman–Crippen MR) is 31.8 cm³/mol. The fraction of sp³-hybridized carbons (Fsp3) is 0.167. The second kappa shape index (κ2) is 2.01. The van der Waals surface area contributed by atoms with Crippen LogP contribution in [-0.4, -0.2) is 4.98 Å². The standard InChI is InChI=1S/C6H6FNO/c1-4-2-6(9)5(7)3-8-4/h2-3H,1H3,(H,8,9). The first-order chi connectivity index (χ1) is 4.20. The van der Waals surface area contributed by atoms with Gasteiger partial charge in [-0.05, 0) is 6.92 Å². The zero-order valence-electron chi connectivity index (χ0n) is 4.94. The van der Waals surface area contributed by atoms with E-state index in [0.717, 1.165) is 6.20 Å². The number of aryl methyl sites for hydroxylation is 1. The highest BCUT2D eigenvalue weighted by molar-refractivity contribution is 5.03. The Balaban J connectivity index is 3.34. The molecule has 0 aliphatic heterocycles. The first-order valence-electron chi connectivity index (χ1n) is 2.55. The molecule has 2 nitrogen and oxygen atoms in total. The summed E-state index contributed by atoms with van der Waals surface area (Å²) < 4.78 is 12.2. The second-order valence-corrected chi connectivity index (χ2v) is 1.83. The van der Waals surface area contributed by atoms with Gasteiger partial charge in [-0.3, -0.25) is 4.79 Å². The Morgan fingerprint density at radius 2 is 2.33 bits per heavy atom. The second-order valence-electron chi connectivity index (χ2n) is 1.83. The van der Waals surface area contributed by atoms with E-state index in [0.29, 0.717) is 5.69 Å². The summed E-state index contributed by atoms with van der Waals surface area (Å²) in [6.07, 6.45) is 1.05. The molecule has 0 aliphatic rings. The third-order valence-electron chi connectivity index (χ3n) is 1.01. The van der Waals surface area contributed by atoms with Crippen LogP contribution in [0.25, 0.3) is 0 Å². The summed E-state index contributed by atoms with van der Waals surface area (Å²) in [6.45, 7) is 1.70. The van der Waals surface area contributed by atoms with Crippen LogP contribution in [0.5, 0.6) is 0 Å². The molecule has 0 bridgehead atoms. The Hall–Kier alpha value is -1.12. The summed E-state index contributed by atoms with van der Waals surface area (Å²) in [6, 6.07) is 1.22. The molecular weight excluding hydrogens is 121 g/mol. The van der Waals surface area contributed by atoms with E-state index in [9.17, 15) is 9.18 Å². The van der Waals surface area contributed by atoms with Crippen LogP contribution in [0.2, 0.25) is 0 Å². The van der Waals surface area contributed by atoms with E-state index in [1.165, 1.54) is 6.07 Å². The Kier molecular flexibility index (Phi) is 1.34. The number of aromatic amines is 1. The van der Waals surface area contributed by atoms with Gasteiger partial charge in [0.25, 0.3) is 0 Å². The van der Waals surface area contributed by atoms with Crippen molar-refractivity contribution in [2.45, 2.75) is 6.92 Å². The molecule has 1 N–H and O–H groups in total. The summed E-state index contributed by atoms with van der Waals surface area (Å²) in [4.78, 5) is 13.0. The van der Waals surface area contributed by atoms with Crippen LogP contribution in [-0.2, 0) is 0 Å². The maximum absolute atomic E-state index is 12.2. The number of aromatic nitrogens is 1. The molecule has 0 amide bonds. The minimum absolute atomic E-state index is 0.564. The van der Waals surface area contributed by atoms with Gasteiger partial charge in [0.15, 0.2) is 5.82 Å². The van der Waals surface area contributed by atoms with E-state index in [2.05, 4.69) is 4.98 Å². The van der Waals surface area contributed by atoms with Crippen LogP contribution in [0, 0.1) is 12.7 Å². The molecule has 1 aromatic heterocycles. The summed E-state index contributed by atoms with van der Waals surface area (Å²) in [5.41, 5.74) is 0.104. The molecule has 0 saturated carbocycles. The molecule has 48 valence electrons. The zero-order chi connectivity index (χ0) is 6.85. The number of nitrogens with one attached hydrogen (secondary N) is 1. The van der Waals surface area contributed by atoms with E-state index in [1.807, 2.05) is 0 Å². The highest BCUT2D eigenvalue weighted by Crippen LogP contribution is 1.87. The van der Waals surface area contributed by atoms with Crippen molar-refractivity contribution in [3.05, 3.63) is 34.0 Å². The predicted octanol–water partition coefficient (Wildman–Crippen LogP) is 0.822. The number of rotatable bonds is 0. The van der Waals surface area contributed by atoms with E-state index < -0.39 is 11.2 Å². The quantitative estimate of drug-likeness (QED) is 0.550. The van der Waals surface area contributed by atoms with Gasteiger partial charge in [0, 0.05) is 18.0 Å². The van der Waals surface area contributed by atoms with E-state index in [4.69, 9.17) is 0 Å². The zero-order valence-corrected chi connectivity index (χ0v) is 4.94. The van der Waals surface area contributed by atoms with Crippen molar-refractivity contribution in [2.75, 3.05) is 0 Å². The van der Waals surface area contributed by atoms with Gasteiger partial charge < -0.3 is 4.98 Å². The monoisotopic (exact) mass is 127 g/mol. The summed E-state index contributed by atoms with van der Waals surface area (Å²) >= 11 is 0. The lowest BCUT2D eigenvalue weighted by molar-refractivity contribution is 0.610. The third-order valence-corrected chi connectivity index (χ3v) is 1.01. The SMILES string of the molecule is Cc1cc(=O)c(F)c[nH]1. The Labute approximate surface area is 51.3 Å². The number of H-pyrrole nitrogens is 1. The van der Waals surface area contributed by atoms with Gasteiger partial charge in [-0.25, -0.2) is 4.39 Å². The lowest BCUT2D eigenvalue weighted by atomic mass is 10.4. The van der Waals surface area contributed by atoms with Crippen molar-refractivity contribution >= 4 is 0 Å². The largest absolute Gasteiger partial charge is 0.362 e. The lowest BCUT2D eigenvalue weighted by Gasteiger charge is -1.88. The average Bonchev–Trinajstić information content (AvgIpc) is 1.80. The van der Waals surface area contributed by atoms with Gasteiger partial charge in [0.05, 0.1) is 0 Å². The number of halogens is 1. The highest BCUT2D eigenvalue weighted by atomic mass is 19.1. The van der Waals surface area contributed by atoms with Crippen LogP contribution in [0.15, 0.2) is 17.1 Å². The molecule has 9 heavy (non-hydrogen) atoms. The first kappa shape index (κ1) is 6.01. The van der Waals surface area contributed by atoms with Gasteiger partial charge in [-0.15, -0.1) is 0 Å². The van der Waals surface area contributed by atoms with Crippen molar-refractivity contribution in [1.29, 1.82) is 0 Å². The van der Waals surface area contributed by atoms with Crippen molar-refractivity contribution in [2.24, 2.45) is 0 Å². The Bertz CT molecular complexity index is 266. The molecule has 0 saturated heterocycles. The van der Waals surface area contributed by atoms with Crippen LogP contribution >= 0.6 is 0 Å². The summed E-state index contributed by atoms with van der Waals surface area (Å²) in [5.74, 6) is -0.736.